The third-order valence-corrected chi connectivity index (χ3v) is 5.60. The monoisotopic (exact) mass is 410 g/mol. The number of benzene rings is 2. The van der Waals surface area contributed by atoms with E-state index in [1.54, 1.807) is 7.11 Å². The van der Waals surface area contributed by atoms with E-state index in [0.717, 1.165) is 22.8 Å². The average Bonchev–Trinajstić information content (AvgIpc) is 3.22. The zero-order valence-corrected chi connectivity index (χ0v) is 17.0. The van der Waals surface area contributed by atoms with E-state index in [-0.39, 0.29) is 5.91 Å². The van der Waals surface area contributed by atoms with Crippen molar-refractivity contribution in [3.05, 3.63) is 54.6 Å². The van der Waals surface area contributed by atoms with Crippen LogP contribution in [0, 0.1) is 0 Å². The van der Waals surface area contributed by atoms with Crippen LogP contribution in [0.15, 0.2) is 59.8 Å². The second kappa shape index (κ2) is 9.11. The number of ether oxygens (including phenoxy) is 2. The molecular weight excluding hydrogens is 388 g/mol. The summed E-state index contributed by atoms with van der Waals surface area (Å²) in [7, 11) is 1.64. The number of carbonyl (C=O) groups is 1. The molecule has 7 nitrogen and oxygen atoms in total. The lowest BCUT2D eigenvalue weighted by Crippen LogP contribution is -2.41. The van der Waals surface area contributed by atoms with Gasteiger partial charge in [-0.3, -0.25) is 9.36 Å². The first-order valence-electron chi connectivity index (χ1n) is 9.40. The molecule has 29 heavy (non-hydrogen) atoms. The van der Waals surface area contributed by atoms with Crippen LogP contribution >= 0.6 is 11.8 Å². The summed E-state index contributed by atoms with van der Waals surface area (Å²) >= 11 is 1.40. The van der Waals surface area contributed by atoms with E-state index >= 15 is 0 Å². The molecule has 0 saturated carbocycles. The molecule has 1 saturated heterocycles. The molecule has 0 spiro atoms. The van der Waals surface area contributed by atoms with E-state index in [0.29, 0.717) is 37.2 Å². The number of hydrogen-bond acceptors (Lipinski definition) is 6. The van der Waals surface area contributed by atoms with Crippen LogP contribution in [0.25, 0.3) is 17.1 Å². The molecule has 4 rings (SSSR count). The maximum Gasteiger partial charge on any atom is 0.233 e. The number of carbonyl (C=O) groups excluding carboxylic acids is 1. The van der Waals surface area contributed by atoms with Crippen LogP contribution in [0.4, 0.5) is 0 Å². The van der Waals surface area contributed by atoms with Gasteiger partial charge in [-0.05, 0) is 24.3 Å². The Bertz CT molecular complexity index is 954. The summed E-state index contributed by atoms with van der Waals surface area (Å²) in [6.07, 6.45) is 0. The number of morpholine rings is 1. The van der Waals surface area contributed by atoms with Crippen LogP contribution in [-0.4, -0.2) is 64.7 Å². The van der Waals surface area contributed by atoms with Gasteiger partial charge in [-0.2, -0.15) is 0 Å². The van der Waals surface area contributed by atoms with Crippen LogP contribution in [0.3, 0.4) is 0 Å². The molecule has 1 aliphatic rings. The second-order valence-electron chi connectivity index (χ2n) is 6.49. The van der Waals surface area contributed by atoms with Gasteiger partial charge >= 0.3 is 0 Å². The molecule has 0 radical (unpaired) electrons. The number of aromatic nitrogens is 3. The number of nitrogens with zero attached hydrogens (tertiary/aromatic N) is 4. The molecular formula is C21H22N4O3S. The highest BCUT2D eigenvalue weighted by Gasteiger charge is 2.20. The Morgan fingerprint density at radius 2 is 1.79 bits per heavy atom. The standard InChI is InChI=1S/C21H22N4O3S/c1-27-18-9-7-17(8-10-18)25-20(16-5-3-2-4-6-16)22-23-21(25)29-15-19(26)24-11-13-28-14-12-24/h2-10H,11-15H2,1H3. The Labute approximate surface area is 173 Å². The van der Waals surface area contributed by atoms with Gasteiger partial charge in [0.05, 0.1) is 26.1 Å². The van der Waals surface area contributed by atoms with E-state index in [1.807, 2.05) is 64.1 Å². The number of hydrogen-bond donors (Lipinski definition) is 0. The summed E-state index contributed by atoms with van der Waals surface area (Å²) in [4.78, 5) is 14.4. The largest absolute Gasteiger partial charge is 0.497 e. The minimum atomic E-state index is 0.0869. The maximum atomic E-state index is 12.6. The second-order valence-corrected chi connectivity index (χ2v) is 7.43. The van der Waals surface area contributed by atoms with Gasteiger partial charge in [0.15, 0.2) is 11.0 Å². The topological polar surface area (TPSA) is 69.5 Å². The third-order valence-electron chi connectivity index (χ3n) is 4.68. The van der Waals surface area contributed by atoms with E-state index in [2.05, 4.69) is 10.2 Å². The molecule has 0 bridgehead atoms. The highest BCUT2D eigenvalue weighted by Crippen LogP contribution is 2.29. The molecule has 1 aromatic heterocycles. The third kappa shape index (κ3) is 4.44. The predicted octanol–water partition coefficient (Wildman–Crippen LogP) is 2.89. The van der Waals surface area contributed by atoms with Crippen LogP contribution < -0.4 is 4.74 Å². The number of thioether (sulfide) groups is 1. The molecule has 2 aromatic carbocycles. The van der Waals surface area contributed by atoms with E-state index < -0.39 is 0 Å². The fraction of sp³-hybridized carbons (Fsp3) is 0.286. The van der Waals surface area contributed by atoms with Crippen molar-refractivity contribution in [1.82, 2.24) is 19.7 Å². The molecule has 1 aliphatic heterocycles. The van der Waals surface area contributed by atoms with E-state index in [4.69, 9.17) is 9.47 Å². The molecule has 1 fully saturated rings. The Balaban J connectivity index is 1.62. The van der Waals surface area contributed by atoms with Crippen molar-refractivity contribution >= 4 is 17.7 Å². The van der Waals surface area contributed by atoms with E-state index in [9.17, 15) is 4.79 Å². The Morgan fingerprint density at radius 3 is 2.48 bits per heavy atom. The van der Waals surface area contributed by atoms with Crippen molar-refractivity contribution in [3.63, 3.8) is 0 Å². The fourth-order valence-electron chi connectivity index (χ4n) is 3.13. The average molecular weight is 410 g/mol. The minimum Gasteiger partial charge on any atom is -0.497 e. The summed E-state index contributed by atoms with van der Waals surface area (Å²) in [6, 6.07) is 17.6. The van der Waals surface area contributed by atoms with Gasteiger partial charge in [0.2, 0.25) is 5.91 Å². The van der Waals surface area contributed by atoms with Gasteiger partial charge in [0.1, 0.15) is 5.75 Å². The van der Waals surface area contributed by atoms with Crippen molar-refractivity contribution in [2.24, 2.45) is 0 Å². The molecule has 0 aliphatic carbocycles. The first kappa shape index (κ1) is 19.5. The predicted molar refractivity (Wildman–Crippen MR) is 111 cm³/mol. The summed E-state index contributed by atoms with van der Waals surface area (Å²) < 4.78 is 12.6. The Hall–Kier alpha value is -2.84. The Kier molecular flexibility index (Phi) is 6.12. The molecule has 0 N–H and O–H groups in total. The lowest BCUT2D eigenvalue weighted by atomic mass is 10.2. The quantitative estimate of drug-likeness (QED) is 0.582. The highest BCUT2D eigenvalue weighted by atomic mass is 32.2. The van der Waals surface area contributed by atoms with Crippen molar-refractivity contribution in [2.75, 3.05) is 39.2 Å². The smallest absolute Gasteiger partial charge is 0.233 e. The maximum absolute atomic E-state index is 12.6. The first-order chi connectivity index (χ1) is 14.3. The number of rotatable bonds is 6. The van der Waals surface area contributed by atoms with Crippen molar-refractivity contribution in [1.29, 1.82) is 0 Å². The first-order valence-corrected chi connectivity index (χ1v) is 10.4. The van der Waals surface area contributed by atoms with Crippen molar-refractivity contribution in [3.8, 4) is 22.8 Å². The molecule has 2 heterocycles. The lowest BCUT2D eigenvalue weighted by Gasteiger charge is -2.26. The zero-order chi connectivity index (χ0) is 20.1. The summed E-state index contributed by atoms with van der Waals surface area (Å²) in [5.41, 5.74) is 1.87. The van der Waals surface area contributed by atoms with Crippen LogP contribution in [-0.2, 0) is 9.53 Å². The lowest BCUT2D eigenvalue weighted by molar-refractivity contribution is -0.132. The van der Waals surface area contributed by atoms with Gasteiger partial charge < -0.3 is 14.4 Å². The minimum absolute atomic E-state index is 0.0869. The van der Waals surface area contributed by atoms with Gasteiger partial charge in [-0.15, -0.1) is 10.2 Å². The number of amides is 1. The van der Waals surface area contributed by atoms with Crippen LogP contribution in [0.1, 0.15) is 0 Å². The molecule has 3 aromatic rings. The highest BCUT2D eigenvalue weighted by molar-refractivity contribution is 7.99. The fourth-order valence-corrected chi connectivity index (χ4v) is 3.99. The van der Waals surface area contributed by atoms with Gasteiger partial charge in [-0.1, -0.05) is 42.1 Å². The number of methoxy groups -OCH3 is 1. The van der Waals surface area contributed by atoms with E-state index in [1.165, 1.54) is 11.8 Å². The molecule has 0 atom stereocenters. The van der Waals surface area contributed by atoms with Crippen molar-refractivity contribution < 1.29 is 14.3 Å². The van der Waals surface area contributed by atoms with Gasteiger partial charge in [0, 0.05) is 24.3 Å². The molecule has 0 unspecified atom stereocenters. The molecule has 150 valence electrons. The summed E-state index contributed by atoms with van der Waals surface area (Å²) in [5, 5.41) is 9.47. The molecule has 8 heteroatoms. The van der Waals surface area contributed by atoms with Crippen molar-refractivity contribution in [2.45, 2.75) is 5.16 Å². The normalized spacial score (nSPS) is 14.0. The van der Waals surface area contributed by atoms with Crippen LogP contribution in [0.2, 0.25) is 0 Å². The van der Waals surface area contributed by atoms with Gasteiger partial charge in [-0.25, -0.2) is 0 Å². The van der Waals surface area contributed by atoms with Gasteiger partial charge in [0.25, 0.3) is 0 Å². The SMILES string of the molecule is COc1ccc(-n2c(SCC(=O)N3CCOCC3)nnc2-c2ccccc2)cc1. The zero-order valence-electron chi connectivity index (χ0n) is 16.2. The summed E-state index contributed by atoms with van der Waals surface area (Å²) in [6.45, 7) is 2.47. The summed E-state index contributed by atoms with van der Waals surface area (Å²) in [5.74, 6) is 1.91. The Morgan fingerprint density at radius 1 is 1.07 bits per heavy atom. The van der Waals surface area contributed by atoms with Crippen LogP contribution in [0.5, 0.6) is 5.75 Å². The molecule has 1 amide bonds.